The number of fused-ring (bicyclic) bond motifs is 7. The number of aromatic nitrogens is 2. The zero-order chi connectivity index (χ0) is 27.6. The van der Waals surface area contributed by atoms with Gasteiger partial charge in [-0.3, -0.25) is 4.79 Å². The van der Waals surface area contributed by atoms with Crippen LogP contribution in [0.4, 0.5) is 20.4 Å². The van der Waals surface area contributed by atoms with Gasteiger partial charge < -0.3 is 25.0 Å². The fraction of sp³-hybridized carbons (Fsp3) is 0.414. The Morgan fingerprint density at radius 2 is 1.72 bits per heavy atom. The first-order valence-electron chi connectivity index (χ1n) is 13.5. The van der Waals surface area contributed by atoms with Crippen molar-refractivity contribution in [1.82, 2.24) is 20.2 Å². The zero-order valence-corrected chi connectivity index (χ0v) is 22.4. The molecule has 10 heteroatoms. The van der Waals surface area contributed by atoms with Crippen LogP contribution in [0.1, 0.15) is 49.9 Å². The first-order chi connectivity index (χ1) is 19.0. The Labute approximate surface area is 227 Å². The molecule has 3 aromatic rings. The molecule has 0 atom stereocenters. The van der Waals surface area contributed by atoms with E-state index in [0.29, 0.717) is 42.3 Å². The molecule has 0 radical (unpaired) electrons. The fourth-order valence-corrected chi connectivity index (χ4v) is 4.31. The molecule has 8 nitrogen and oxygen atoms in total. The van der Waals surface area contributed by atoms with Gasteiger partial charge in [-0.25, -0.2) is 18.7 Å². The molecule has 1 aliphatic rings. The van der Waals surface area contributed by atoms with E-state index in [0.717, 1.165) is 51.5 Å². The van der Waals surface area contributed by atoms with E-state index >= 15 is 0 Å². The summed E-state index contributed by atoms with van der Waals surface area (Å²) >= 11 is 0. The van der Waals surface area contributed by atoms with Crippen molar-refractivity contribution in [3.05, 3.63) is 59.8 Å². The van der Waals surface area contributed by atoms with Crippen LogP contribution < -0.4 is 20.1 Å². The van der Waals surface area contributed by atoms with Gasteiger partial charge in [-0.2, -0.15) is 0 Å². The quantitative estimate of drug-likeness (QED) is 0.424. The lowest BCUT2D eigenvalue weighted by Gasteiger charge is -2.18. The van der Waals surface area contributed by atoms with E-state index in [4.69, 9.17) is 9.47 Å². The maximum Gasteiger partial charge on any atom is 0.255 e. The van der Waals surface area contributed by atoms with Crippen LogP contribution in [-0.2, 0) is 0 Å². The summed E-state index contributed by atoms with van der Waals surface area (Å²) in [6.45, 7) is 8.07. The highest BCUT2D eigenvalue weighted by atomic mass is 19.1. The molecule has 0 spiro atoms. The van der Waals surface area contributed by atoms with Gasteiger partial charge in [0.2, 0.25) is 5.95 Å². The minimum absolute atomic E-state index is 0.0131. The summed E-state index contributed by atoms with van der Waals surface area (Å²) in [5.74, 6) is -0.736. The van der Waals surface area contributed by atoms with Crippen LogP contribution >= 0.6 is 0 Å². The molecular formula is C29H35F2N5O3. The topological polar surface area (TPSA) is 88.6 Å². The van der Waals surface area contributed by atoms with E-state index in [-0.39, 0.29) is 23.3 Å². The standard InChI is InChI=1S/C29H35F2N5O3/c1-3-36(4-2)14-13-32-28(37)22-11-10-21-18-25(22)38-15-7-5-6-8-16-39-26-17-20(9-12-23(26)30)27-24(31)19-33-29(34-21)35-27/h9-12,17-19H,3-8,13-16H2,1-2H3,(H,32,37)(H,33,34,35). The molecule has 4 rings (SSSR count). The summed E-state index contributed by atoms with van der Waals surface area (Å²) < 4.78 is 40.7. The molecule has 0 saturated carbocycles. The third-order valence-electron chi connectivity index (χ3n) is 6.59. The minimum Gasteiger partial charge on any atom is -0.493 e. The van der Waals surface area contributed by atoms with Gasteiger partial charge in [-0.1, -0.05) is 13.8 Å². The van der Waals surface area contributed by atoms with Crippen LogP contribution in [-0.4, -0.2) is 60.2 Å². The van der Waals surface area contributed by atoms with Crippen LogP contribution in [0.3, 0.4) is 0 Å². The molecule has 1 aliphatic heterocycles. The van der Waals surface area contributed by atoms with E-state index < -0.39 is 11.6 Å². The Bertz CT molecular complexity index is 1270. The van der Waals surface area contributed by atoms with Crippen LogP contribution in [0.5, 0.6) is 11.5 Å². The molecule has 0 fully saturated rings. The number of hydrogen-bond acceptors (Lipinski definition) is 7. The van der Waals surface area contributed by atoms with Gasteiger partial charge in [0.05, 0.1) is 25.0 Å². The van der Waals surface area contributed by atoms with Gasteiger partial charge in [0.1, 0.15) is 11.4 Å². The van der Waals surface area contributed by atoms with Crippen molar-refractivity contribution in [2.75, 3.05) is 44.7 Å². The monoisotopic (exact) mass is 539 g/mol. The predicted molar refractivity (Wildman–Crippen MR) is 147 cm³/mol. The number of benzene rings is 2. The number of halogens is 2. The number of amides is 1. The van der Waals surface area contributed by atoms with Gasteiger partial charge in [0, 0.05) is 30.4 Å². The van der Waals surface area contributed by atoms with Gasteiger partial charge >= 0.3 is 0 Å². The first-order valence-corrected chi connectivity index (χ1v) is 13.5. The summed E-state index contributed by atoms with van der Waals surface area (Å²) in [5, 5.41) is 6.04. The van der Waals surface area contributed by atoms with Crippen LogP contribution in [0.15, 0.2) is 42.6 Å². The van der Waals surface area contributed by atoms with Crippen molar-refractivity contribution in [3.8, 4) is 22.8 Å². The summed E-state index contributed by atoms with van der Waals surface area (Å²) in [6.07, 6.45) is 4.33. The van der Waals surface area contributed by atoms with E-state index in [1.165, 1.54) is 18.2 Å². The van der Waals surface area contributed by atoms with E-state index in [2.05, 4.69) is 39.3 Å². The summed E-state index contributed by atoms with van der Waals surface area (Å²) in [5.41, 5.74) is 1.39. The Hall–Kier alpha value is -3.79. The SMILES string of the molecule is CCN(CC)CCNC(=O)c1ccc2cc1OCCCCCCOc1cc(ccc1F)-c1nc(ncc1F)N2. The molecule has 2 aromatic carbocycles. The minimum atomic E-state index is -0.645. The van der Waals surface area contributed by atoms with Gasteiger partial charge in [-0.15, -0.1) is 0 Å². The lowest BCUT2D eigenvalue weighted by atomic mass is 10.1. The summed E-state index contributed by atoms with van der Waals surface area (Å²) in [7, 11) is 0. The molecule has 0 aliphatic carbocycles. The second kappa shape index (κ2) is 13.8. The average Bonchev–Trinajstić information content (AvgIpc) is 2.94. The molecule has 1 amide bonds. The van der Waals surface area contributed by atoms with Gasteiger partial charge in [0.15, 0.2) is 17.4 Å². The van der Waals surface area contributed by atoms with Gasteiger partial charge in [0.25, 0.3) is 5.91 Å². The Kier molecular flexibility index (Phi) is 10.0. The zero-order valence-electron chi connectivity index (χ0n) is 22.4. The van der Waals surface area contributed by atoms with Crippen molar-refractivity contribution in [2.24, 2.45) is 0 Å². The van der Waals surface area contributed by atoms with Gasteiger partial charge in [-0.05, 0) is 69.1 Å². The number of ether oxygens (including phenoxy) is 2. The van der Waals surface area contributed by atoms with Crippen molar-refractivity contribution in [3.63, 3.8) is 0 Å². The van der Waals surface area contributed by atoms with Crippen LogP contribution in [0, 0.1) is 11.6 Å². The molecule has 6 bridgehead atoms. The number of nitrogens with zero attached hydrogens (tertiary/aromatic N) is 3. The molecule has 0 unspecified atom stereocenters. The van der Waals surface area contributed by atoms with E-state index in [1.54, 1.807) is 18.2 Å². The molecule has 208 valence electrons. The van der Waals surface area contributed by atoms with Crippen molar-refractivity contribution in [1.29, 1.82) is 0 Å². The highest BCUT2D eigenvalue weighted by Crippen LogP contribution is 2.30. The van der Waals surface area contributed by atoms with Crippen molar-refractivity contribution >= 4 is 17.5 Å². The highest BCUT2D eigenvalue weighted by molar-refractivity contribution is 5.97. The Balaban J connectivity index is 1.60. The highest BCUT2D eigenvalue weighted by Gasteiger charge is 2.17. The first kappa shape index (κ1) is 28.2. The predicted octanol–water partition coefficient (Wildman–Crippen LogP) is 5.57. The molecule has 2 heterocycles. The second-order valence-electron chi connectivity index (χ2n) is 9.27. The van der Waals surface area contributed by atoms with Crippen LogP contribution in [0.2, 0.25) is 0 Å². The molecule has 2 N–H and O–H groups in total. The number of anilines is 2. The molecular weight excluding hydrogens is 504 g/mol. The largest absolute Gasteiger partial charge is 0.493 e. The van der Waals surface area contributed by atoms with E-state index in [1.807, 2.05) is 0 Å². The summed E-state index contributed by atoms with van der Waals surface area (Å²) in [4.78, 5) is 23.6. The van der Waals surface area contributed by atoms with E-state index in [9.17, 15) is 13.6 Å². The lowest BCUT2D eigenvalue weighted by molar-refractivity contribution is 0.0944. The van der Waals surface area contributed by atoms with Crippen molar-refractivity contribution < 1.29 is 23.0 Å². The van der Waals surface area contributed by atoms with Crippen molar-refractivity contribution in [2.45, 2.75) is 39.5 Å². The molecule has 1 aromatic heterocycles. The number of carbonyl (C=O) groups is 1. The fourth-order valence-electron chi connectivity index (χ4n) is 4.31. The summed E-state index contributed by atoms with van der Waals surface area (Å²) in [6, 6.07) is 9.28. The number of carbonyl (C=O) groups excluding carboxylic acids is 1. The second-order valence-corrected chi connectivity index (χ2v) is 9.27. The third-order valence-corrected chi connectivity index (χ3v) is 6.59. The molecule has 39 heavy (non-hydrogen) atoms. The normalized spacial score (nSPS) is 13.9. The Morgan fingerprint density at radius 3 is 2.46 bits per heavy atom. The maximum absolute atomic E-state index is 14.7. The number of rotatable bonds is 6. The average molecular weight is 540 g/mol. The number of hydrogen-bond donors (Lipinski definition) is 2. The van der Waals surface area contributed by atoms with Crippen LogP contribution in [0.25, 0.3) is 11.3 Å². The third kappa shape index (κ3) is 7.63. The number of likely N-dealkylation sites (N-methyl/N-ethyl adjacent to an activating group) is 1. The smallest absolute Gasteiger partial charge is 0.255 e. The maximum atomic E-state index is 14.7. The Morgan fingerprint density at radius 1 is 0.974 bits per heavy atom. The number of nitrogens with one attached hydrogen (secondary N) is 2. The lowest BCUT2D eigenvalue weighted by Crippen LogP contribution is -2.35. The molecule has 0 saturated heterocycles.